The van der Waals surface area contributed by atoms with Crippen molar-refractivity contribution in [3.05, 3.63) is 72.2 Å². The number of nitrogens with zero attached hydrogens (tertiary/aromatic N) is 6. The monoisotopic (exact) mass is 443 g/mol. The predicted molar refractivity (Wildman–Crippen MR) is 123 cm³/mol. The number of likely N-dealkylation sites (tertiary alicyclic amines) is 1. The van der Waals surface area contributed by atoms with Gasteiger partial charge in [-0.05, 0) is 50.2 Å². The second kappa shape index (κ2) is 9.05. The molecule has 0 radical (unpaired) electrons. The van der Waals surface area contributed by atoms with Gasteiger partial charge in [0.15, 0.2) is 0 Å². The Morgan fingerprint density at radius 3 is 2.76 bits per heavy atom. The lowest BCUT2D eigenvalue weighted by Crippen LogP contribution is -2.40. The molecule has 168 valence electrons. The SMILES string of the molecule is CN1CCC(ONC(=O)c2ccccc2)CC1c1cc2nc(-c3cn(C)nn3)ccc2cn1. The van der Waals surface area contributed by atoms with Crippen LogP contribution in [0.3, 0.4) is 0 Å². The van der Waals surface area contributed by atoms with Gasteiger partial charge in [-0.1, -0.05) is 23.4 Å². The smallest absolute Gasteiger partial charge is 0.274 e. The van der Waals surface area contributed by atoms with Gasteiger partial charge in [0.2, 0.25) is 0 Å². The minimum Gasteiger partial charge on any atom is -0.298 e. The van der Waals surface area contributed by atoms with E-state index in [0.717, 1.165) is 41.0 Å². The molecule has 4 heterocycles. The molecule has 4 aromatic rings. The molecule has 1 amide bonds. The first-order valence-electron chi connectivity index (χ1n) is 10.9. The van der Waals surface area contributed by atoms with Crippen molar-refractivity contribution in [1.29, 1.82) is 0 Å². The van der Waals surface area contributed by atoms with Crippen LogP contribution in [0.4, 0.5) is 0 Å². The zero-order valence-corrected chi connectivity index (χ0v) is 18.5. The Labute approximate surface area is 191 Å². The third-order valence-electron chi connectivity index (χ3n) is 5.98. The van der Waals surface area contributed by atoms with Crippen LogP contribution >= 0.6 is 0 Å². The van der Waals surface area contributed by atoms with Crippen molar-refractivity contribution in [2.75, 3.05) is 13.6 Å². The maximum atomic E-state index is 12.3. The molecule has 0 spiro atoms. The van der Waals surface area contributed by atoms with Crippen molar-refractivity contribution >= 4 is 16.8 Å². The second-order valence-electron chi connectivity index (χ2n) is 8.33. The molecular formula is C24H25N7O2. The first-order chi connectivity index (χ1) is 16.1. The molecule has 0 aliphatic carbocycles. The van der Waals surface area contributed by atoms with Crippen LogP contribution < -0.4 is 5.48 Å². The third-order valence-corrected chi connectivity index (χ3v) is 5.98. The Balaban J connectivity index is 1.32. The Bertz CT molecular complexity index is 1270. The van der Waals surface area contributed by atoms with Crippen molar-refractivity contribution < 1.29 is 9.63 Å². The third kappa shape index (κ3) is 4.59. The summed E-state index contributed by atoms with van der Waals surface area (Å²) in [5, 5.41) is 9.12. The van der Waals surface area contributed by atoms with Crippen LogP contribution in [-0.2, 0) is 11.9 Å². The number of hydrogen-bond acceptors (Lipinski definition) is 7. The zero-order chi connectivity index (χ0) is 22.8. The van der Waals surface area contributed by atoms with Gasteiger partial charge in [0, 0.05) is 30.7 Å². The molecular weight excluding hydrogens is 418 g/mol. The van der Waals surface area contributed by atoms with E-state index in [0.29, 0.717) is 12.0 Å². The lowest BCUT2D eigenvalue weighted by Gasteiger charge is -2.36. The first kappa shape index (κ1) is 21.2. The van der Waals surface area contributed by atoms with Crippen molar-refractivity contribution in [3.63, 3.8) is 0 Å². The lowest BCUT2D eigenvalue weighted by molar-refractivity contribution is -0.0542. The second-order valence-corrected chi connectivity index (χ2v) is 8.33. The van der Waals surface area contributed by atoms with E-state index in [4.69, 9.17) is 14.8 Å². The number of amides is 1. The first-order valence-corrected chi connectivity index (χ1v) is 10.9. The highest BCUT2D eigenvalue weighted by molar-refractivity contribution is 5.93. The molecule has 0 bridgehead atoms. The molecule has 1 aromatic carbocycles. The Hall–Kier alpha value is -3.69. The van der Waals surface area contributed by atoms with E-state index in [-0.39, 0.29) is 18.1 Å². The van der Waals surface area contributed by atoms with Crippen molar-refractivity contribution in [1.82, 2.24) is 35.3 Å². The molecule has 1 saturated heterocycles. The summed E-state index contributed by atoms with van der Waals surface area (Å²) >= 11 is 0. The van der Waals surface area contributed by atoms with Gasteiger partial charge in [-0.2, -0.15) is 0 Å². The fourth-order valence-corrected chi connectivity index (χ4v) is 4.11. The summed E-state index contributed by atoms with van der Waals surface area (Å²) in [5.74, 6) is -0.240. The number of carbonyl (C=O) groups excluding carboxylic acids is 1. The van der Waals surface area contributed by atoms with Gasteiger partial charge in [-0.15, -0.1) is 5.10 Å². The molecule has 0 saturated carbocycles. The van der Waals surface area contributed by atoms with Crippen molar-refractivity contribution in [2.24, 2.45) is 7.05 Å². The minimum absolute atomic E-state index is 0.0590. The van der Waals surface area contributed by atoms with E-state index >= 15 is 0 Å². The van der Waals surface area contributed by atoms with E-state index in [9.17, 15) is 4.79 Å². The van der Waals surface area contributed by atoms with Gasteiger partial charge in [0.05, 0.1) is 35.2 Å². The number of aromatic nitrogens is 5. The molecule has 2 atom stereocenters. The normalized spacial score (nSPS) is 19.0. The summed E-state index contributed by atoms with van der Waals surface area (Å²) in [4.78, 5) is 29.9. The molecule has 1 N–H and O–H groups in total. The summed E-state index contributed by atoms with van der Waals surface area (Å²) in [5.41, 5.74) is 6.47. The molecule has 5 rings (SSSR count). The average molecular weight is 444 g/mol. The fourth-order valence-electron chi connectivity index (χ4n) is 4.11. The summed E-state index contributed by atoms with van der Waals surface area (Å²) in [6.07, 6.45) is 5.14. The molecule has 1 aliphatic rings. The Morgan fingerprint density at radius 2 is 1.97 bits per heavy atom. The van der Waals surface area contributed by atoms with E-state index in [1.54, 1.807) is 16.8 Å². The molecule has 33 heavy (non-hydrogen) atoms. The number of rotatable bonds is 5. The van der Waals surface area contributed by atoms with Crippen LogP contribution in [0.5, 0.6) is 0 Å². The maximum absolute atomic E-state index is 12.3. The van der Waals surface area contributed by atoms with E-state index < -0.39 is 0 Å². The van der Waals surface area contributed by atoms with Crippen LogP contribution in [0.1, 0.15) is 34.9 Å². The number of pyridine rings is 2. The van der Waals surface area contributed by atoms with Gasteiger partial charge in [0.25, 0.3) is 5.91 Å². The molecule has 9 heteroatoms. The molecule has 2 unspecified atom stereocenters. The average Bonchev–Trinajstić information content (AvgIpc) is 3.29. The quantitative estimate of drug-likeness (QED) is 0.474. The number of fused-ring (bicyclic) bond motifs is 1. The summed E-state index contributed by atoms with van der Waals surface area (Å²) in [6.45, 7) is 0.837. The van der Waals surface area contributed by atoms with Crippen LogP contribution in [0.2, 0.25) is 0 Å². The standard InChI is InChI=1S/C24H25N7O2/c1-30-11-10-18(33-28-24(32)16-6-4-3-5-7-16)12-23(30)21-13-20-17(14-25-21)8-9-19(26-20)22-15-31(2)29-27-22/h3-9,13-15,18,23H,10-12H2,1-2H3,(H,28,32). The largest absolute Gasteiger partial charge is 0.298 e. The van der Waals surface area contributed by atoms with Gasteiger partial charge in [0.1, 0.15) is 5.69 Å². The molecule has 1 aliphatic heterocycles. The molecule has 3 aromatic heterocycles. The minimum atomic E-state index is -0.240. The highest BCUT2D eigenvalue weighted by Gasteiger charge is 2.30. The number of carbonyl (C=O) groups is 1. The number of nitrogens with one attached hydrogen (secondary N) is 1. The highest BCUT2D eigenvalue weighted by atomic mass is 16.7. The summed E-state index contributed by atoms with van der Waals surface area (Å²) in [6, 6.07) is 15.1. The lowest BCUT2D eigenvalue weighted by atomic mass is 9.96. The van der Waals surface area contributed by atoms with E-state index in [2.05, 4.69) is 27.7 Å². The van der Waals surface area contributed by atoms with Gasteiger partial charge >= 0.3 is 0 Å². The van der Waals surface area contributed by atoms with Gasteiger partial charge in [-0.3, -0.25) is 24.2 Å². The number of hydroxylamine groups is 1. The van der Waals surface area contributed by atoms with E-state index in [1.165, 1.54) is 0 Å². The van der Waals surface area contributed by atoms with Crippen LogP contribution in [-0.4, -0.2) is 55.5 Å². The predicted octanol–water partition coefficient (Wildman–Crippen LogP) is 2.92. The summed E-state index contributed by atoms with van der Waals surface area (Å²) < 4.78 is 1.66. The summed E-state index contributed by atoms with van der Waals surface area (Å²) in [7, 11) is 3.91. The number of piperidine rings is 1. The zero-order valence-electron chi connectivity index (χ0n) is 18.5. The van der Waals surface area contributed by atoms with Crippen LogP contribution in [0, 0.1) is 0 Å². The number of hydrogen-bond donors (Lipinski definition) is 1. The van der Waals surface area contributed by atoms with Crippen LogP contribution in [0.15, 0.2) is 60.9 Å². The topological polar surface area (TPSA) is 98.1 Å². The Morgan fingerprint density at radius 1 is 1.12 bits per heavy atom. The Kier molecular flexibility index (Phi) is 5.80. The van der Waals surface area contributed by atoms with E-state index in [1.807, 2.05) is 55.8 Å². The van der Waals surface area contributed by atoms with Gasteiger partial charge < -0.3 is 0 Å². The molecule has 1 fully saturated rings. The molecule has 9 nitrogen and oxygen atoms in total. The van der Waals surface area contributed by atoms with Crippen molar-refractivity contribution in [2.45, 2.75) is 25.0 Å². The van der Waals surface area contributed by atoms with Crippen LogP contribution in [0.25, 0.3) is 22.3 Å². The number of benzene rings is 1. The maximum Gasteiger partial charge on any atom is 0.274 e. The number of aryl methyl sites for hydroxylation is 1. The highest BCUT2D eigenvalue weighted by Crippen LogP contribution is 2.31. The fraction of sp³-hybridized carbons (Fsp3) is 0.292. The van der Waals surface area contributed by atoms with Gasteiger partial charge in [-0.25, -0.2) is 10.5 Å². The van der Waals surface area contributed by atoms with Crippen molar-refractivity contribution in [3.8, 4) is 11.4 Å².